The zero-order chi connectivity index (χ0) is 14.7. The molecule has 1 aromatic carbocycles. The largest absolute Gasteiger partial charge is 0.343 e. The van der Waals surface area contributed by atoms with E-state index in [4.69, 9.17) is 0 Å². The number of H-pyrrole nitrogens is 1. The molecule has 106 valence electrons. The van der Waals surface area contributed by atoms with Gasteiger partial charge in [0.15, 0.2) is 11.6 Å². The van der Waals surface area contributed by atoms with Gasteiger partial charge in [-0.2, -0.15) is 0 Å². The Labute approximate surface area is 114 Å². The highest BCUT2D eigenvalue weighted by Gasteiger charge is 2.16. The minimum atomic E-state index is -0.949. The molecule has 1 atom stereocenters. The van der Waals surface area contributed by atoms with Gasteiger partial charge in [0.2, 0.25) is 5.82 Å². The maximum Gasteiger partial charge on any atom is 0.291 e. The van der Waals surface area contributed by atoms with Gasteiger partial charge in [-0.05, 0) is 24.6 Å². The Hall–Kier alpha value is -2.31. The fourth-order valence-corrected chi connectivity index (χ4v) is 1.68. The average Bonchev–Trinajstić information content (AvgIpc) is 2.90. The minimum Gasteiger partial charge on any atom is -0.343 e. The number of halogens is 2. The zero-order valence-electron chi connectivity index (χ0n) is 11.1. The Morgan fingerprint density at radius 1 is 1.40 bits per heavy atom. The normalized spacial score (nSPS) is 12.2. The van der Waals surface area contributed by atoms with Crippen molar-refractivity contribution >= 4 is 5.91 Å². The average molecular weight is 280 g/mol. The number of aromatic nitrogens is 3. The number of nitrogens with zero attached hydrogens (tertiary/aromatic N) is 2. The lowest BCUT2D eigenvalue weighted by Gasteiger charge is -2.13. The number of hydrogen-bond acceptors (Lipinski definition) is 3. The van der Waals surface area contributed by atoms with E-state index in [9.17, 15) is 13.6 Å². The molecule has 0 saturated carbocycles. The second-order valence-corrected chi connectivity index (χ2v) is 4.33. The monoisotopic (exact) mass is 280 g/mol. The van der Waals surface area contributed by atoms with Gasteiger partial charge in [-0.3, -0.25) is 9.89 Å². The Kier molecular flexibility index (Phi) is 4.07. The molecule has 1 amide bonds. The fraction of sp³-hybridized carbons (Fsp3) is 0.308. The molecule has 0 saturated heterocycles. The SMILES string of the molecule is CCc1nc(C(=O)NC(C)c2ccc(F)c(F)c2)n[nH]1. The van der Waals surface area contributed by atoms with Gasteiger partial charge < -0.3 is 5.32 Å². The van der Waals surface area contributed by atoms with E-state index in [0.29, 0.717) is 17.8 Å². The molecule has 2 rings (SSSR count). The maximum absolute atomic E-state index is 13.1. The molecule has 0 aliphatic heterocycles. The van der Waals surface area contributed by atoms with E-state index in [0.717, 1.165) is 12.1 Å². The molecule has 0 aliphatic carbocycles. The molecule has 0 radical (unpaired) electrons. The zero-order valence-corrected chi connectivity index (χ0v) is 11.1. The Bertz CT molecular complexity index is 627. The summed E-state index contributed by atoms with van der Waals surface area (Å²) < 4.78 is 26.0. The molecule has 5 nitrogen and oxygen atoms in total. The summed E-state index contributed by atoms with van der Waals surface area (Å²) in [7, 11) is 0. The van der Waals surface area contributed by atoms with Gasteiger partial charge in [0.1, 0.15) is 5.82 Å². The van der Waals surface area contributed by atoms with Crippen LogP contribution in [-0.4, -0.2) is 21.1 Å². The standard InChI is InChI=1S/C13H14F2N4O/c1-3-11-17-12(19-18-11)13(20)16-7(2)8-4-5-9(14)10(15)6-8/h4-7H,3H2,1-2H3,(H,16,20)(H,17,18,19). The van der Waals surface area contributed by atoms with Crippen molar-refractivity contribution in [3.63, 3.8) is 0 Å². The van der Waals surface area contributed by atoms with Gasteiger partial charge in [0, 0.05) is 6.42 Å². The van der Waals surface area contributed by atoms with E-state index in [-0.39, 0.29) is 5.82 Å². The summed E-state index contributed by atoms with van der Waals surface area (Å²) in [4.78, 5) is 15.9. The summed E-state index contributed by atoms with van der Waals surface area (Å²) in [5.41, 5.74) is 0.462. The lowest BCUT2D eigenvalue weighted by Crippen LogP contribution is -2.27. The number of carbonyl (C=O) groups excluding carboxylic acids is 1. The molecule has 7 heteroatoms. The van der Waals surface area contributed by atoms with Crippen molar-refractivity contribution in [2.75, 3.05) is 0 Å². The summed E-state index contributed by atoms with van der Waals surface area (Å²) >= 11 is 0. The lowest BCUT2D eigenvalue weighted by atomic mass is 10.1. The molecule has 0 fully saturated rings. The number of aromatic amines is 1. The maximum atomic E-state index is 13.1. The van der Waals surface area contributed by atoms with Crippen LogP contribution in [-0.2, 0) is 6.42 Å². The van der Waals surface area contributed by atoms with Crippen LogP contribution >= 0.6 is 0 Å². The number of benzene rings is 1. The molecule has 0 spiro atoms. The molecule has 0 aliphatic rings. The van der Waals surface area contributed by atoms with Gasteiger partial charge in [-0.15, -0.1) is 5.10 Å². The topological polar surface area (TPSA) is 70.7 Å². The number of nitrogens with one attached hydrogen (secondary N) is 2. The van der Waals surface area contributed by atoms with Crippen LogP contribution in [0.5, 0.6) is 0 Å². The van der Waals surface area contributed by atoms with Crippen molar-refractivity contribution in [3.05, 3.63) is 47.0 Å². The smallest absolute Gasteiger partial charge is 0.291 e. The first-order valence-electron chi connectivity index (χ1n) is 6.18. The van der Waals surface area contributed by atoms with Crippen LogP contribution in [0.1, 0.15) is 41.9 Å². The second kappa shape index (κ2) is 5.77. The predicted molar refractivity (Wildman–Crippen MR) is 68.0 cm³/mol. The van der Waals surface area contributed by atoms with Crippen LogP contribution in [0.4, 0.5) is 8.78 Å². The number of rotatable bonds is 4. The van der Waals surface area contributed by atoms with E-state index >= 15 is 0 Å². The molecule has 20 heavy (non-hydrogen) atoms. The van der Waals surface area contributed by atoms with Crippen LogP contribution in [0.25, 0.3) is 0 Å². The third-order valence-electron chi connectivity index (χ3n) is 2.86. The van der Waals surface area contributed by atoms with Crippen LogP contribution in [0.2, 0.25) is 0 Å². The Balaban J connectivity index is 2.08. The summed E-state index contributed by atoms with van der Waals surface area (Å²) in [6.45, 7) is 3.55. The van der Waals surface area contributed by atoms with Gasteiger partial charge >= 0.3 is 0 Å². The summed E-state index contributed by atoms with van der Waals surface area (Å²) in [5.74, 6) is -1.71. The highest BCUT2D eigenvalue weighted by Crippen LogP contribution is 2.16. The third kappa shape index (κ3) is 2.98. The van der Waals surface area contributed by atoms with Crippen LogP contribution < -0.4 is 5.32 Å². The molecule has 1 aromatic heterocycles. The molecule has 0 bridgehead atoms. The number of hydrogen-bond donors (Lipinski definition) is 2. The molecular weight excluding hydrogens is 266 g/mol. The van der Waals surface area contributed by atoms with Crippen molar-refractivity contribution in [1.82, 2.24) is 20.5 Å². The van der Waals surface area contributed by atoms with Gasteiger partial charge in [-0.25, -0.2) is 13.8 Å². The van der Waals surface area contributed by atoms with Gasteiger partial charge in [-0.1, -0.05) is 13.0 Å². The van der Waals surface area contributed by atoms with Crippen molar-refractivity contribution in [2.24, 2.45) is 0 Å². The summed E-state index contributed by atoms with van der Waals surface area (Å²) in [5, 5.41) is 9.04. The minimum absolute atomic E-state index is 0.0243. The van der Waals surface area contributed by atoms with Gasteiger partial charge in [0.25, 0.3) is 5.91 Å². The predicted octanol–water partition coefficient (Wildman–Crippen LogP) is 2.14. The first kappa shape index (κ1) is 14.1. The van der Waals surface area contributed by atoms with Crippen LogP contribution in [0.15, 0.2) is 18.2 Å². The van der Waals surface area contributed by atoms with Crippen molar-refractivity contribution < 1.29 is 13.6 Å². The molecule has 1 heterocycles. The highest BCUT2D eigenvalue weighted by molar-refractivity contribution is 5.90. The third-order valence-corrected chi connectivity index (χ3v) is 2.86. The first-order valence-corrected chi connectivity index (χ1v) is 6.18. The fourth-order valence-electron chi connectivity index (χ4n) is 1.68. The highest BCUT2D eigenvalue weighted by atomic mass is 19.2. The van der Waals surface area contributed by atoms with Crippen LogP contribution in [0, 0.1) is 11.6 Å². The summed E-state index contributed by atoms with van der Waals surface area (Å²) in [6, 6.07) is 3.00. The van der Waals surface area contributed by atoms with Crippen molar-refractivity contribution in [2.45, 2.75) is 26.3 Å². The Morgan fingerprint density at radius 3 is 2.75 bits per heavy atom. The quantitative estimate of drug-likeness (QED) is 0.901. The summed E-state index contributed by atoms with van der Waals surface area (Å²) in [6.07, 6.45) is 0.638. The molecule has 2 aromatic rings. The molecular formula is C13H14F2N4O. The van der Waals surface area contributed by atoms with E-state index in [1.165, 1.54) is 6.07 Å². The second-order valence-electron chi connectivity index (χ2n) is 4.33. The Morgan fingerprint density at radius 2 is 2.15 bits per heavy atom. The number of amides is 1. The van der Waals surface area contributed by atoms with E-state index in [1.807, 2.05) is 6.92 Å². The number of carbonyl (C=O) groups is 1. The van der Waals surface area contributed by atoms with Crippen molar-refractivity contribution in [3.8, 4) is 0 Å². The van der Waals surface area contributed by atoms with Crippen LogP contribution in [0.3, 0.4) is 0 Å². The molecule has 1 unspecified atom stereocenters. The first-order chi connectivity index (χ1) is 9.51. The van der Waals surface area contributed by atoms with E-state index in [1.54, 1.807) is 6.92 Å². The van der Waals surface area contributed by atoms with Gasteiger partial charge in [0.05, 0.1) is 6.04 Å². The number of aryl methyl sites for hydroxylation is 1. The van der Waals surface area contributed by atoms with E-state index in [2.05, 4.69) is 20.5 Å². The van der Waals surface area contributed by atoms with Crippen molar-refractivity contribution in [1.29, 1.82) is 0 Å². The lowest BCUT2D eigenvalue weighted by molar-refractivity contribution is 0.0929. The molecule has 2 N–H and O–H groups in total. The van der Waals surface area contributed by atoms with E-state index < -0.39 is 23.6 Å².